The maximum absolute atomic E-state index is 4.61. The molecule has 8 heavy (non-hydrogen) atoms. The van der Waals surface area contributed by atoms with E-state index in [1.807, 2.05) is 0 Å². The highest BCUT2D eigenvalue weighted by Crippen LogP contribution is 1.95. The molecule has 0 bridgehead atoms. The molecule has 0 amide bonds. The van der Waals surface area contributed by atoms with Crippen molar-refractivity contribution >= 4 is 24.9 Å². The summed E-state index contributed by atoms with van der Waals surface area (Å²) < 4.78 is 0.396. The van der Waals surface area contributed by atoms with Gasteiger partial charge < -0.3 is 0 Å². The molecule has 0 atom stereocenters. The molecule has 5 heteroatoms. The van der Waals surface area contributed by atoms with Crippen molar-refractivity contribution in [3.8, 4) is 0 Å². The van der Waals surface area contributed by atoms with Crippen molar-refractivity contribution in [3.63, 3.8) is 0 Å². The maximum atomic E-state index is 4.61. The van der Waals surface area contributed by atoms with Gasteiger partial charge in [0, 0.05) is 0 Å². The monoisotopic (exact) mass is 128 g/mol. The minimum absolute atomic E-state index is 0.396. The Morgan fingerprint density at radius 3 is 2.62 bits per heavy atom. The van der Waals surface area contributed by atoms with Crippen molar-refractivity contribution in [1.29, 1.82) is 0 Å². The summed E-state index contributed by atoms with van der Waals surface area (Å²) in [6.45, 7) is 3.23. The summed E-state index contributed by atoms with van der Waals surface area (Å²) in [5.41, 5.74) is 0. The van der Waals surface area contributed by atoms with E-state index >= 15 is 0 Å². The molecule has 1 aromatic heterocycles. The Bertz CT molecular complexity index is 233. The van der Waals surface area contributed by atoms with Crippen molar-refractivity contribution in [1.82, 2.24) is 15.2 Å². The molecule has 0 spiro atoms. The number of aliphatic imine (C=N–C) groups is 1. The number of H-pyrrole nitrogens is 2. The van der Waals surface area contributed by atoms with Gasteiger partial charge in [0.05, 0.1) is 0 Å². The van der Waals surface area contributed by atoms with E-state index in [9.17, 15) is 0 Å². The zero-order chi connectivity index (χ0) is 5.98. The lowest BCUT2D eigenvalue weighted by Crippen LogP contribution is -1.62. The molecule has 0 saturated heterocycles. The van der Waals surface area contributed by atoms with Crippen LogP contribution in [0.15, 0.2) is 4.99 Å². The van der Waals surface area contributed by atoms with Crippen molar-refractivity contribution in [3.05, 3.63) is 4.77 Å². The standard InChI is InChI=1S/C3H4N4S/c1-4-2-5-3(8)7-6-2/h1H2,(H2,5,6,7,8). The van der Waals surface area contributed by atoms with Crippen LogP contribution in [0.4, 0.5) is 5.95 Å². The number of aromatic amines is 2. The third-order valence-electron chi connectivity index (χ3n) is 0.638. The van der Waals surface area contributed by atoms with Gasteiger partial charge in [0.2, 0.25) is 10.7 Å². The molecular formula is C3H4N4S. The first-order chi connectivity index (χ1) is 3.83. The predicted octanol–water partition coefficient (Wildman–Crippen LogP) is 0.799. The number of hydrogen-bond acceptors (Lipinski definition) is 3. The van der Waals surface area contributed by atoms with E-state index in [-0.39, 0.29) is 0 Å². The van der Waals surface area contributed by atoms with Gasteiger partial charge in [-0.15, -0.1) is 0 Å². The predicted molar refractivity (Wildman–Crippen MR) is 33.0 cm³/mol. The van der Waals surface area contributed by atoms with Crippen LogP contribution in [-0.4, -0.2) is 21.9 Å². The molecule has 0 saturated carbocycles. The van der Waals surface area contributed by atoms with Gasteiger partial charge in [-0.25, -0.2) is 4.99 Å². The Labute approximate surface area is 50.7 Å². The minimum atomic E-state index is 0.396. The van der Waals surface area contributed by atoms with Gasteiger partial charge in [-0.1, -0.05) is 0 Å². The van der Waals surface area contributed by atoms with Crippen LogP contribution in [0.2, 0.25) is 0 Å². The average Bonchev–Trinajstić information content (AvgIpc) is 2.14. The molecular weight excluding hydrogens is 124 g/mol. The summed E-state index contributed by atoms with van der Waals surface area (Å²) in [5, 5.41) is 5.15. The van der Waals surface area contributed by atoms with Gasteiger partial charge in [-0.2, -0.15) is 4.98 Å². The Hall–Kier alpha value is -0.970. The molecule has 0 aliphatic heterocycles. The number of hydrogen-bond donors (Lipinski definition) is 2. The van der Waals surface area contributed by atoms with Gasteiger partial charge in [0.15, 0.2) is 0 Å². The van der Waals surface area contributed by atoms with Crippen LogP contribution in [0.3, 0.4) is 0 Å². The van der Waals surface area contributed by atoms with E-state index in [4.69, 9.17) is 0 Å². The summed E-state index contributed by atoms with van der Waals surface area (Å²) in [4.78, 5) is 7.18. The molecule has 0 aliphatic rings. The molecule has 4 nitrogen and oxygen atoms in total. The molecule has 0 fully saturated rings. The Morgan fingerprint density at radius 2 is 2.38 bits per heavy atom. The van der Waals surface area contributed by atoms with Crippen LogP contribution < -0.4 is 0 Å². The van der Waals surface area contributed by atoms with Gasteiger partial charge in [0.1, 0.15) is 0 Å². The van der Waals surface area contributed by atoms with E-state index in [1.54, 1.807) is 0 Å². The quantitative estimate of drug-likeness (QED) is 0.434. The first kappa shape index (κ1) is 5.17. The van der Waals surface area contributed by atoms with Crippen LogP contribution in [0.5, 0.6) is 0 Å². The largest absolute Gasteiger partial charge is 0.272 e. The van der Waals surface area contributed by atoms with Crippen molar-refractivity contribution in [2.24, 2.45) is 4.99 Å². The van der Waals surface area contributed by atoms with Crippen molar-refractivity contribution in [2.45, 2.75) is 0 Å². The van der Waals surface area contributed by atoms with Crippen LogP contribution in [0.25, 0.3) is 0 Å². The lowest BCUT2D eigenvalue weighted by atomic mass is 11.1. The topological polar surface area (TPSA) is 56.8 Å². The fourth-order valence-electron chi connectivity index (χ4n) is 0.336. The van der Waals surface area contributed by atoms with E-state index in [0.717, 1.165) is 0 Å². The van der Waals surface area contributed by atoms with E-state index in [2.05, 4.69) is 39.1 Å². The van der Waals surface area contributed by atoms with Crippen LogP contribution in [0, 0.1) is 4.77 Å². The zero-order valence-electron chi connectivity index (χ0n) is 4.01. The molecule has 1 aromatic rings. The zero-order valence-corrected chi connectivity index (χ0v) is 4.83. The van der Waals surface area contributed by atoms with Gasteiger partial charge >= 0.3 is 0 Å². The molecule has 2 N–H and O–H groups in total. The summed E-state index contributed by atoms with van der Waals surface area (Å²) in [7, 11) is 0. The first-order valence-electron chi connectivity index (χ1n) is 1.94. The van der Waals surface area contributed by atoms with Crippen molar-refractivity contribution < 1.29 is 0 Å². The van der Waals surface area contributed by atoms with Gasteiger partial charge in [-0.05, 0) is 18.9 Å². The van der Waals surface area contributed by atoms with Crippen molar-refractivity contribution in [2.75, 3.05) is 0 Å². The van der Waals surface area contributed by atoms with E-state index in [1.165, 1.54) is 0 Å². The number of nitrogens with one attached hydrogen (secondary N) is 2. The van der Waals surface area contributed by atoms with Crippen LogP contribution in [-0.2, 0) is 0 Å². The summed E-state index contributed by atoms with van der Waals surface area (Å²) in [6.07, 6.45) is 0. The number of rotatable bonds is 1. The normalized spacial score (nSPS) is 9.00. The highest BCUT2D eigenvalue weighted by Gasteiger charge is 1.84. The molecule has 1 heterocycles. The Kier molecular flexibility index (Phi) is 1.21. The van der Waals surface area contributed by atoms with E-state index in [0.29, 0.717) is 10.7 Å². The van der Waals surface area contributed by atoms with Gasteiger partial charge in [0.25, 0.3) is 0 Å². The Balaban J connectivity index is 3.18. The second-order valence-corrected chi connectivity index (χ2v) is 1.54. The third kappa shape index (κ3) is 0.812. The maximum Gasteiger partial charge on any atom is 0.243 e. The molecule has 0 aromatic carbocycles. The Morgan fingerprint density at radius 1 is 1.62 bits per heavy atom. The SMILES string of the molecule is C=Nc1nc(=S)[nH][nH]1. The molecule has 0 aliphatic carbocycles. The smallest absolute Gasteiger partial charge is 0.243 e. The fourth-order valence-corrected chi connectivity index (χ4v) is 0.474. The second-order valence-electron chi connectivity index (χ2n) is 1.15. The fraction of sp³-hybridized carbons (Fsp3) is 0. The molecule has 0 unspecified atom stereocenters. The highest BCUT2D eigenvalue weighted by atomic mass is 32.1. The van der Waals surface area contributed by atoms with Crippen LogP contribution in [0.1, 0.15) is 0 Å². The van der Waals surface area contributed by atoms with E-state index < -0.39 is 0 Å². The minimum Gasteiger partial charge on any atom is -0.272 e. The third-order valence-corrected chi connectivity index (χ3v) is 0.832. The summed E-state index contributed by atoms with van der Waals surface area (Å²) in [6, 6.07) is 0. The van der Waals surface area contributed by atoms with Gasteiger partial charge in [-0.3, -0.25) is 10.2 Å². The molecule has 1 rings (SSSR count). The summed E-state index contributed by atoms with van der Waals surface area (Å²) in [5.74, 6) is 0.426. The lowest BCUT2D eigenvalue weighted by molar-refractivity contribution is 1.07. The number of nitrogens with zero attached hydrogens (tertiary/aromatic N) is 2. The van der Waals surface area contributed by atoms with Crippen LogP contribution >= 0.6 is 12.2 Å². The molecule has 42 valence electrons. The summed E-state index contributed by atoms with van der Waals surface area (Å²) >= 11 is 4.61. The molecule has 0 radical (unpaired) electrons. The average molecular weight is 128 g/mol. The first-order valence-corrected chi connectivity index (χ1v) is 2.35. The number of aromatic nitrogens is 3. The lowest BCUT2D eigenvalue weighted by Gasteiger charge is -1.71. The highest BCUT2D eigenvalue weighted by molar-refractivity contribution is 7.71. The second kappa shape index (κ2) is 1.87.